The van der Waals surface area contributed by atoms with Crippen LogP contribution in [0.15, 0.2) is 24.3 Å². The third-order valence-corrected chi connectivity index (χ3v) is 7.18. The third-order valence-electron chi connectivity index (χ3n) is 7.18. The monoisotopic (exact) mass is 441 g/mol. The Bertz CT molecular complexity index is 961. The van der Waals surface area contributed by atoms with E-state index < -0.39 is 52.5 Å². The fourth-order valence-corrected chi connectivity index (χ4v) is 4.79. The summed E-state index contributed by atoms with van der Waals surface area (Å²) < 4.78 is 52.3. The lowest BCUT2D eigenvalue weighted by molar-refractivity contribution is -0.274. The summed E-state index contributed by atoms with van der Waals surface area (Å²) in [7, 11) is 0. The largest absolute Gasteiger partial charge is 0.573 e. The number of hydrogen-bond donors (Lipinski definition) is 0. The maximum Gasteiger partial charge on any atom is 0.573 e. The fraction of sp³-hybridized carbons (Fsp3) is 0.571. The molecule has 10 heteroatoms. The maximum absolute atomic E-state index is 13.1. The lowest BCUT2D eigenvalue weighted by Crippen LogP contribution is -2.50. The number of rotatable bonds is 4. The van der Waals surface area contributed by atoms with Crippen LogP contribution in [0.3, 0.4) is 0 Å². The highest BCUT2D eigenvalue weighted by Crippen LogP contribution is 2.65. The molecule has 2 heterocycles. The number of fused-ring (bicyclic) bond motifs is 2. The molecule has 168 valence electrons. The van der Waals surface area contributed by atoms with Gasteiger partial charge in [-0.2, -0.15) is 0 Å². The summed E-state index contributed by atoms with van der Waals surface area (Å²) in [5.74, 6) is -2.23. The molecule has 7 nitrogen and oxygen atoms in total. The molecule has 0 radical (unpaired) electrons. The minimum Gasteiger partial charge on any atom is -0.449 e. The highest BCUT2D eigenvalue weighted by Gasteiger charge is 2.76. The first-order valence-electron chi connectivity index (χ1n) is 9.92. The van der Waals surface area contributed by atoms with E-state index in [4.69, 9.17) is 9.47 Å². The summed E-state index contributed by atoms with van der Waals surface area (Å²) in [4.78, 5) is 39.5. The minimum absolute atomic E-state index is 0.153. The van der Waals surface area contributed by atoms with Crippen LogP contribution in [-0.4, -0.2) is 42.5 Å². The topological polar surface area (TPSA) is 82.1 Å². The number of nitrogens with zero attached hydrogens (tertiary/aromatic N) is 1. The second-order valence-corrected chi connectivity index (χ2v) is 8.89. The molecule has 1 aliphatic carbocycles. The van der Waals surface area contributed by atoms with Gasteiger partial charge in [0.1, 0.15) is 5.75 Å². The van der Waals surface area contributed by atoms with Crippen LogP contribution in [0.2, 0.25) is 0 Å². The Morgan fingerprint density at radius 3 is 2.48 bits per heavy atom. The van der Waals surface area contributed by atoms with Gasteiger partial charge < -0.3 is 19.1 Å². The van der Waals surface area contributed by atoms with Crippen molar-refractivity contribution in [3.63, 3.8) is 0 Å². The molecule has 1 amide bonds. The molecular weight excluding hydrogens is 419 g/mol. The van der Waals surface area contributed by atoms with Crippen LogP contribution in [0.25, 0.3) is 0 Å². The van der Waals surface area contributed by atoms with Gasteiger partial charge in [0, 0.05) is 30.1 Å². The molecule has 2 aliphatic heterocycles. The van der Waals surface area contributed by atoms with Gasteiger partial charge in [-0.3, -0.25) is 9.59 Å². The van der Waals surface area contributed by atoms with Gasteiger partial charge in [-0.15, -0.1) is 13.2 Å². The van der Waals surface area contributed by atoms with Crippen molar-refractivity contribution in [1.82, 2.24) is 0 Å². The standard InChI is InChI=1S/C21H22F3NO6/c1-18(2)19(3)8-9-20(18,31-16(19)27)17(28)29-14-7-10-25(15(14)26)12-5-4-6-13(11-12)30-21(22,23)24/h4-6,11,14H,7-10H2,1-3H3/t14-,19?,20?/m0/s1. The Hall–Kier alpha value is -2.78. The zero-order chi connectivity index (χ0) is 22.8. The summed E-state index contributed by atoms with van der Waals surface area (Å²) in [6.07, 6.45) is -5.02. The number of halogens is 3. The van der Waals surface area contributed by atoms with Gasteiger partial charge in [-0.25, -0.2) is 4.79 Å². The van der Waals surface area contributed by atoms with Crippen LogP contribution in [0.5, 0.6) is 5.75 Å². The van der Waals surface area contributed by atoms with Gasteiger partial charge in [0.05, 0.1) is 5.41 Å². The van der Waals surface area contributed by atoms with E-state index in [-0.39, 0.29) is 18.7 Å². The average Bonchev–Trinajstić information content (AvgIpc) is 3.17. The lowest BCUT2D eigenvalue weighted by atomic mass is 9.66. The van der Waals surface area contributed by atoms with Gasteiger partial charge in [-0.05, 0) is 31.9 Å². The highest BCUT2D eigenvalue weighted by atomic mass is 19.4. The predicted molar refractivity (Wildman–Crippen MR) is 99.9 cm³/mol. The van der Waals surface area contributed by atoms with Crippen LogP contribution < -0.4 is 9.64 Å². The van der Waals surface area contributed by atoms with E-state index in [1.54, 1.807) is 20.8 Å². The molecule has 2 bridgehead atoms. The number of esters is 2. The van der Waals surface area contributed by atoms with Crippen molar-refractivity contribution in [1.29, 1.82) is 0 Å². The second-order valence-electron chi connectivity index (χ2n) is 8.89. The number of hydrogen-bond acceptors (Lipinski definition) is 6. The molecule has 0 aromatic heterocycles. The number of ether oxygens (including phenoxy) is 3. The van der Waals surface area contributed by atoms with Crippen molar-refractivity contribution < 1.29 is 41.8 Å². The molecule has 3 aliphatic rings. The van der Waals surface area contributed by atoms with Crippen molar-refractivity contribution >= 4 is 23.5 Å². The number of benzene rings is 1. The Kier molecular flexibility index (Phi) is 4.57. The zero-order valence-electron chi connectivity index (χ0n) is 17.2. The normalized spacial score (nSPS) is 31.7. The van der Waals surface area contributed by atoms with Crippen molar-refractivity contribution in [2.24, 2.45) is 10.8 Å². The first kappa shape index (κ1) is 21.5. The van der Waals surface area contributed by atoms with Crippen molar-refractivity contribution in [2.75, 3.05) is 11.4 Å². The molecule has 0 spiro atoms. The Morgan fingerprint density at radius 1 is 1.19 bits per heavy atom. The number of carbonyl (C=O) groups is 3. The zero-order valence-corrected chi connectivity index (χ0v) is 17.2. The molecule has 1 aromatic rings. The number of anilines is 1. The number of carbonyl (C=O) groups excluding carboxylic acids is 3. The van der Waals surface area contributed by atoms with Gasteiger partial charge >= 0.3 is 18.3 Å². The van der Waals surface area contributed by atoms with E-state index in [0.717, 1.165) is 12.1 Å². The Morgan fingerprint density at radius 2 is 1.90 bits per heavy atom. The molecule has 2 unspecified atom stereocenters. The van der Waals surface area contributed by atoms with Crippen LogP contribution in [-0.2, 0) is 23.9 Å². The summed E-state index contributed by atoms with van der Waals surface area (Å²) in [5.41, 5.74) is -2.87. The molecule has 31 heavy (non-hydrogen) atoms. The molecule has 1 saturated carbocycles. The quantitative estimate of drug-likeness (QED) is 0.667. The smallest absolute Gasteiger partial charge is 0.449 e. The summed E-state index contributed by atoms with van der Waals surface area (Å²) >= 11 is 0. The Labute approximate surface area is 176 Å². The SMILES string of the molecule is CC12CCC(C(=O)O[C@H]3CCN(c4cccc(OC(F)(F)F)c4)C3=O)(OC1=O)C2(C)C. The highest BCUT2D eigenvalue weighted by molar-refractivity contribution is 6.01. The first-order chi connectivity index (χ1) is 14.3. The molecule has 3 atom stereocenters. The number of alkyl halides is 3. The molecule has 1 aromatic carbocycles. The molecule has 0 N–H and O–H groups in total. The number of amides is 1. The second kappa shape index (κ2) is 6.61. The first-order valence-corrected chi connectivity index (χ1v) is 9.92. The Balaban J connectivity index is 1.49. The van der Waals surface area contributed by atoms with Gasteiger partial charge in [0.2, 0.25) is 5.60 Å². The lowest BCUT2D eigenvalue weighted by Gasteiger charge is -2.35. The molecule has 3 fully saturated rings. The van der Waals surface area contributed by atoms with Gasteiger partial charge in [0.25, 0.3) is 5.91 Å². The molecule has 4 rings (SSSR count). The fourth-order valence-electron chi connectivity index (χ4n) is 4.79. The minimum atomic E-state index is -4.85. The van der Waals surface area contributed by atoms with Gasteiger partial charge in [-0.1, -0.05) is 19.9 Å². The van der Waals surface area contributed by atoms with E-state index in [1.807, 2.05) is 0 Å². The van der Waals surface area contributed by atoms with Crippen LogP contribution in [0.4, 0.5) is 18.9 Å². The maximum atomic E-state index is 13.1. The van der Waals surface area contributed by atoms with E-state index >= 15 is 0 Å². The van der Waals surface area contributed by atoms with E-state index in [0.29, 0.717) is 12.8 Å². The van der Waals surface area contributed by atoms with Crippen molar-refractivity contribution in [3.8, 4) is 5.75 Å². The van der Waals surface area contributed by atoms with Crippen LogP contribution >= 0.6 is 0 Å². The van der Waals surface area contributed by atoms with E-state index in [9.17, 15) is 27.6 Å². The van der Waals surface area contributed by atoms with Crippen LogP contribution in [0.1, 0.15) is 40.0 Å². The van der Waals surface area contributed by atoms with Crippen molar-refractivity contribution in [2.45, 2.75) is 58.1 Å². The molecule has 2 saturated heterocycles. The van der Waals surface area contributed by atoms with Crippen LogP contribution in [0, 0.1) is 10.8 Å². The summed E-state index contributed by atoms with van der Waals surface area (Å²) in [5, 5.41) is 0. The molecular formula is C21H22F3NO6. The van der Waals surface area contributed by atoms with Gasteiger partial charge in [0.15, 0.2) is 6.10 Å². The third kappa shape index (κ3) is 3.06. The van der Waals surface area contributed by atoms with E-state index in [2.05, 4.69) is 4.74 Å². The summed E-state index contributed by atoms with van der Waals surface area (Å²) in [6, 6.07) is 5.02. The predicted octanol–water partition coefficient (Wildman–Crippen LogP) is 3.36. The summed E-state index contributed by atoms with van der Waals surface area (Å²) in [6.45, 7) is 5.47. The average molecular weight is 441 g/mol. The van der Waals surface area contributed by atoms with Crippen molar-refractivity contribution in [3.05, 3.63) is 24.3 Å². The van der Waals surface area contributed by atoms with E-state index in [1.165, 1.54) is 17.0 Å².